The molecule has 0 radical (unpaired) electrons. The molecule has 0 saturated heterocycles. The molecule has 5 rings (SSSR count). The van der Waals surface area contributed by atoms with Crippen molar-refractivity contribution >= 4 is 38.9 Å². The van der Waals surface area contributed by atoms with Crippen LogP contribution in [0, 0.1) is 6.92 Å². The lowest BCUT2D eigenvalue weighted by atomic mass is 9.77. The SMILES string of the molecule is Cc1ccc2c(c1)C(NC(=O)c1ccc(CS(=O)(=O)c3c(Cl)cccc3Cl)o1)CC1(CCCCC1)O2. The van der Waals surface area contributed by atoms with Gasteiger partial charge >= 0.3 is 0 Å². The third-order valence-corrected chi connectivity index (χ3v) is 9.54. The molecule has 1 aliphatic heterocycles. The second kappa shape index (κ2) is 9.77. The van der Waals surface area contributed by atoms with E-state index >= 15 is 0 Å². The first-order chi connectivity index (χ1) is 17.2. The van der Waals surface area contributed by atoms with E-state index in [-0.39, 0.29) is 38.1 Å². The Kier molecular flexibility index (Phi) is 6.83. The van der Waals surface area contributed by atoms with Crippen LogP contribution in [0.25, 0.3) is 0 Å². The summed E-state index contributed by atoms with van der Waals surface area (Å²) in [5.74, 6) is 0.111. The van der Waals surface area contributed by atoms with Gasteiger partial charge in [0.05, 0.1) is 16.1 Å². The molecule has 1 saturated carbocycles. The number of furan rings is 1. The number of hydrogen-bond donors (Lipinski definition) is 1. The molecule has 0 bridgehead atoms. The van der Waals surface area contributed by atoms with Crippen LogP contribution in [0.1, 0.15) is 72.0 Å². The first kappa shape index (κ1) is 25.2. The Morgan fingerprint density at radius 1 is 1.06 bits per heavy atom. The van der Waals surface area contributed by atoms with Gasteiger partial charge in [0.2, 0.25) is 0 Å². The summed E-state index contributed by atoms with van der Waals surface area (Å²) in [4.78, 5) is 13.0. The summed E-state index contributed by atoms with van der Waals surface area (Å²) < 4.78 is 38.0. The fraction of sp³-hybridized carbons (Fsp3) is 0.370. The minimum absolute atomic E-state index is 0.0390. The predicted molar refractivity (Wildman–Crippen MR) is 139 cm³/mol. The van der Waals surface area contributed by atoms with Gasteiger partial charge in [0, 0.05) is 12.0 Å². The van der Waals surface area contributed by atoms with Crippen molar-refractivity contribution in [3.8, 4) is 5.75 Å². The second-order valence-electron chi connectivity index (χ2n) is 9.69. The maximum absolute atomic E-state index is 13.2. The van der Waals surface area contributed by atoms with Crippen molar-refractivity contribution in [1.29, 1.82) is 0 Å². The molecule has 1 spiro atoms. The Morgan fingerprint density at radius 3 is 2.50 bits per heavy atom. The monoisotopic (exact) mass is 547 g/mol. The number of ether oxygens (including phenoxy) is 1. The molecule has 1 unspecified atom stereocenters. The van der Waals surface area contributed by atoms with Gasteiger partial charge in [0.25, 0.3) is 5.91 Å². The molecule has 1 fully saturated rings. The van der Waals surface area contributed by atoms with E-state index in [0.717, 1.165) is 42.6 Å². The predicted octanol–water partition coefficient (Wildman–Crippen LogP) is 6.83. The van der Waals surface area contributed by atoms with Crippen LogP contribution in [0.4, 0.5) is 0 Å². The van der Waals surface area contributed by atoms with Crippen molar-refractivity contribution in [2.24, 2.45) is 0 Å². The van der Waals surface area contributed by atoms with Crippen LogP contribution in [0.5, 0.6) is 5.75 Å². The molecule has 9 heteroatoms. The molecule has 2 aromatic carbocycles. The summed E-state index contributed by atoms with van der Waals surface area (Å²) >= 11 is 12.2. The molecule has 1 aliphatic carbocycles. The van der Waals surface area contributed by atoms with E-state index in [9.17, 15) is 13.2 Å². The van der Waals surface area contributed by atoms with Gasteiger partial charge in [-0.3, -0.25) is 4.79 Å². The average molecular weight is 548 g/mol. The number of hydrogen-bond acceptors (Lipinski definition) is 5. The fourth-order valence-electron chi connectivity index (χ4n) is 5.27. The topological polar surface area (TPSA) is 85.6 Å². The zero-order valence-electron chi connectivity index (χ0n) is 19.9. The minimum Gasteiger partial charge on any atom is -0.487 e. The molecule has 1 amide bonds. The highest BCUT2D eigenvalue weighted by atomic mass is 35.5. The maximum atomic E-state index is 13.2. The number of aryl methyl sites for hydroxylation is 1. The Morgan fingerprint density at radius 2 is 1.78 bits per heavy atom. The zero-order chi connectivity index (χ0) is 25.5. The first-order valence-electron chi connectivity index (χ1n) is 12.0. The Bertz CT molecular complexity index is 1390. The Labute approximate surface area is 220 Å². The van der Waals surface area contributed by atoms with Crippen molar-refractivity contribution in [3.63, 3.8) is 0 Å². The normalized spacial score (nSPS) is 18.9. The molecule has 2 aliphatic rings. The second-order valence-corrected chi connectivity index (χ2v) is 12.4. The minimum atomic E-state index is -3.88. The van der Waals surface area contributed by atoms with E-state index in [1.807, 2.05) is 25.1 Å². The number of fused-ring (bicyclic) bond motifs is 1. The van der Waals surface area contributed by atoms with Crippen LogP contribution >= 0.6 is 23.2 Å². The van der Waals surface area contributed by atoms with E-state index in [0.29, 0.717) is 6.42 Å². The molecule has 1 aromatic heterocycles. The summed E-state index contributed by atoms with van der Waals surface area (Å²) in [6.07, 6.45) is 6.00. The van der Waals surface area contributed by atoms with E-state index in [2.05, 4.69) is 5.32 Å². The third-order valence-electron chi connectivity index (χ3n) is 6.96. The van der Waals surface area contributed by atoms with Gasteiger partial charge in [0.15, 0.2) is 15.6 Å². The highest BCUT2D eigenvalue weighted by Gasteiger charge is 2.42. The molecule has 3 aromatic rings. The van der Waals surface area contributed by atoms with Gasteiger partial charge in [-0.15, -0.1) is 0 Å². The molecular formula is C27H27Cl2NO5S. The summed E-state index contributed by atoms with van der Waals surface area (Å²) in [5.41, 5.74) is 1.75. The molecule has 1 N–H and O–H groups in total. The van der Waals surface area contributed by atoms with Crippen molar-refractivity contribution in [2.75, 3.05) is 0 Å². The van der Waals surface area contributed by atoms with Crippen LogP contribution in [0.2, 0.25) is 10.0 Å². The largest absolute Gasteiger partial charge is 0.487 e. The number of benzene rings is 2. The lowest BCUT2D eigenvalue weighted by Gasteiger charge is -2.44. The van der Waals surface area contributed by atoms with Crippen molar-refractivity contribution in [3.05, 3.63) is 81.2 Å². The quantitative estimate of drug-likeness (QED) is 0.378. The van der Waals surface area contributed by atoms with E-state index in [4.69, 9.17) is 32.4 Å². The molecule has 2 heterocycles. The molecule has 36 heavy (non-hydrogen) atoms. The van der Waals surface area contributed by atoms with Gasteiger partial charge in [-0.1, -0.05) is 53.4 Å². The van der Waals surface area contributed by atoms with Crippen LogP contribution in [-0.4, -0.2) is 19.9 Å². The van der Waals surface area contributed by atoms with Crippen LogP contribution in [-0.2, 0) is 15.6 Å². The number of nitrogens with one attached hydrogen (secondary N) is 1. The lowest BCUT2D eigenvalue weighted by molar-refractivity contribution is -0.00227. The van der Waals surface area contributed by atoms with Gasteiger partial charge in [-0.25, -0.2) is 8.42 Å². The average Bonchev–Trinajstić information content (AvgIpc) is 3.28. The molecule has 190 valence electrons. The van der Waals surface area contributed by atoms with Crippen molar-refractivity contribution in [1.82, 2.24) is 5.32 Å². The third kappa shape index (κ3) is 5.01. The summed E-state index contributed by atoms with van der Waals surface area (Å²) in [5, 5.41) is 3.19. The maximum Gasteiger partial charge on any atom is 0.287 e. The summed E-state index contributed by atoms with van der Waals surface area (Å²) in [7, 11) is -3.88. The molecular weight excluding hydrogens is 521 g/mol. The summed E-state index contributed by atoms with van der Waals surface area (Å²) in [6.45, 7) is 2.01. The molecule has 6 nitrogen and oxygen atoms in total. The zero-order valence-corrected chi connectivity index (χ0v) is 22.2. The Hall–Kier alpha value is -2.48. The first-order valence-corrected chi connectivity index (χ1v) is 14.4. The number of amides is 1. The molecule has 1 atom stereocenters. The van der Waals surface area contributed by atoms with E-state index in [1.54, 1.807) is 6.07 Å². The number of carbonyl (C=O) groups excluding carboxylic acids is 1. The fourth-order valence-corrected chi connectivity index (χ4v) is 7.77. The van der Waals surface area contributed by atoms with Gasteiger partial charge < -0.3 is 14.5 Å². The van der Waals surface area contributed by atoms with Crippen LogP contribution in [0.15, 0.2) is 57.8 Å². The van der Waals surface area contributed by atoms with E-state index < -0.39 is 21.5 Å². The number of carbonyl (C=O) groups is 1. The van der Waals surface area contributed by atoms with Gasteiger partial charge in [-0.05, 0) is 62.9 Å². The van der Waals surface area contributed by atoms with Gasteiger partial charge in [-0.2, -0.15) is 0 Å². The van der Waals surface area contributed by atoms with Crippen LogP contribution in [0.3, 0.4) is 0 Å². The lowest BCUT2D eigenvalue weighted by Crippen LogP contribution is -2.46. The highest BCUT2D eigenvalue weighted by Crippen LogP contribution is 2.46. The van der Waals surface area contributed by atoms with Gasteiger partial charge in [0.1, 0.15) is 27.8 Å². The Balaban J connectivity index is 1.36. The van der Waals surface area contributed by atoms with Crippen LogP contribution < -0.4 is 10.1 Å². The van der Waals surface area contributed by atoms with Crippen molar-refractivity contribution < 1.29 is 22.4 Å². The number of halogens is 2. The van der Waals surface area contributed by atoms with Crippen molar-refractivity contribution in [2.45, 2.75) is 67.7 Å². The smallest absolute Gasteiger partial charge is 0.287 e. The summed E-state index contributed by atoms with van der Waals surface area (Å²) in [6, 6.07) is 13.3. The number of rotatable bonds is 5. The number of sulfone groups is 1. The highest BCUT2D eigenvalue weighted by molar-refractivity contribution is 7.90. The van der Waals surface area contributed by atoms with E-state index in [1.165, 1.54) is 30.7 Å². The standard InChI is InChI=1S/C27H27Cl2NO5S/c1-17-8-10-23-19(14-17)22(15-27(35-23)12-3-2-4-13-27)30-26(31)24-11-9-18(34-24)16-36(32,33)25-20(28)6-5-7-21(25)29/h5-11,14,22H,2-4,12-13,15-16H2,1H3,(H,30,31).